The second-order valence-electron chi connectivity index (χ2n) is 6.66. The zero-order valence-corrected chi connectivity index (χ0v) is 12.9. The zero-order chi connectivity index (χ0) is 15.3. The van der Waals surface area contributed by atoms with E-state index in [1.165, 1.54) is 0 Å². The molecule has 2 aliphatic rings. The first-order valence-electron chi connectivity index (χ1n) is 8.18. The van der Waals surface area contributed by atoms with Crippen molar-refractivity contribution in [2.24, 2.45) is 5.92 Å². The summed E-state index contributed by atoms with van der Waals surface area (Å²) in [5.41, 5.74) is -1.05. The summed E-state index contributed by atoms with van der Waals surface area (Å²) in [5, 5.41) is 12.3. The van der Waals surface area contributed by atoms with E-state index in [0.29, 0.717) is 31.6 Å². The number of carbonyl (C=O) groups excluding carboxylic acids is 1. The van der Waals surface area contributed by atoms with Crippen molar-refractivity contribution >= 4 is 11.9 Å². The molecule has 2 N–H and O–H groups in total. The van der Waals surface area contributed by atoms with Crippen molar-refractivity contribution in [3.05, 3.63) is 0 Å². The lowest BCUT2D eigenvalue weighted by Gasteiger charge is -2.37. The Morgan fingerprint density at radius 1 is 1.29 bits per heavy atom. The summed E-state index contributed by atoms with van der Waals surface area (Å²) in [7, 11) is 0. The first kappa shape index (κ1) is 16.3. The van der Waals surface area contributed by atoms with Crippen LogP contribution in [0.1, 0.15) is 64.7 Å². The largest absolute Gasteiger partial charge is 0.480 e. The van der Waals surface area contributed by atoms with Crippen molar-refractivity contribution in [1.29, 1.82) is 0 Å². The lowest BCUT2D eigenvalue weighted by Crippen LogP contribution is -2.56. The Balaban J connectivity index is 1.84. The highest BCUT2D eigenvalue weighted by molar-refractivity contribution is 5.87. The van der Waals surface area contributed by atoms with E-state index in [-0.39, 0.29) is 12.0 Å². The van der Waals surface area contributed by atoms with Gasteiger partial charge in [0.25, 0.3) is 0 Å². The monoisotopic (exact) mass is 297 g/mol. The van der Waals surface area contributed by atoms with Crippen LogP contribution in [0.4, 0.5) is 0 Å². The number of carbonyl (C=O) groups is 2. The maximum absolute atomic E-state index is 12.1. The molecule has 5 heteroatoms. The average Bonchev–Trinajstić information content (AvgIpc) is 2.46. The maximum Gasteiger partial charge on any atom is 0.329 e. The van der Waals surface area contributed by atoms with Gasteiger partial charge >= 0.3 is 5.97 Å². The molecule has 1 saturated heterocycles. The minimum absolute atomic E-state index is 0.152. The summed E-state index contributed by atoms with van der Waals surface area (Å²) >= 11 is 0. The number of rotatable bonds is 5. The Bertz CT molecular complexity index is 378. The molecule has 2 rings (SSSR count). The summed E-state index contributed by atoms with van der Waals surface area (Å²) in [5.74, 6) is -0.700. The lowest BCUT2D eigenvalue weighted by molar-refractivity contribution is -0.150. The molecule has 0 spiro atoms. The van der Waals surface area contributed by atoms with Crippen LogP contribution < -0.4 is 5.32 Å². The van der Waals surface area contributed by atoms with Crippen molar-refractivity contribution in [3.8, 4) is 0 Å². The van der Waals surface area contributed by atoms with Crippen molar-refractivity contribution in [3.63, 3.8) is 0 Å². The molecule has 120 valence electrons. The molecule has 1 aliphatic heterocycles. The smallest absolute Gasteiger partial charge is 0.329 e. The standard InChI is InChI=1S/C16H27NO4/c1-12-5-4-9-16(11-12,15(19)20)17-14(18)8-7-13-6-2-3-10-21-13/h12-13H,2-11H2,1H3,(H,17,18)(H,19,20). The van der Waals surface area contributed by atoms with Crippen LogP contribution in [0.15, 0.2) is 0 Å². The van der Waals surface area contributed by atoms with Gasteiger partial charge in [0.05, 0.1) is 6.10 Å². The van der Waals surface area contributed by atoms with Crippen LogP contribution >= 0.6 is 0 Å². The van der Waals surface area contributed by atoms with Crippen molar-refractivity contribution in [2.45, 2.75) is 76.4 Å². The molecule has 0 bridgehead atoms. The van der Waals surface area contributed by atoms with Gasteiger partial charge in [-0.25, -0.2) is 4.79 Å². The van der Waals surface area contributed by atoms with Gasteiger partial charge in [0.2, 0.25) is 5.91 Å². The van der Waals surface area contributed by atoms with Gasteiger partial charge in [0, 0.05) is 13.0 Å². The van der Waals surface area contributed by atoms with E-state index in [4.69, 9.17) is 4.74 Å². The van der Waals surface area contributed by atoms with Crippen LogP contribution in [0, 0.1) is 5.92 Å². The summed E-state index contributed by atoms with van der Waals surface area (Å²) < 4.78 is 5.61. The van der Waals surface area contributed by atoms with E-state index >= 15 is 0 Å². The van der Waals surface area contributed by atoms with Crippen molar-refractivity contribution in [1.82, 2.24) is 5.32 Å². The van der Waals surface area contributed by atoms with Crippen molar-refractivity contribution in [2.75, 3.05) is 6.61 Å². The van der Waals surface area contributed by atoms with Crippen LogP contribution in [-0.4, -0.2) is 35.2 Å². The van der Waals surface area contributed by atoms with Crippen molar-refractivity contribution < 1.29 is 19.4 Å². The fourth-order valence-corrected chi connectivity index (χ4v) is 3.57. The molecule has 2 fully saturated rings. The predicted molar refractivity (Wildman–Crippen MR) is 79.0 cm³/mol. The van der Waals surface area contributed by atoms with E-state index in [9.17, 15) is 14.7 Å². The highest BCUT2D eigenvalue weighted by atomic mass is 16.5. The topological polar surface area (TPSA) is 75.6 Å². The third-order valence-corrected chi connectivity index (χ3v) is 4.75. The van der Waals surface area contributed by atoms with Crippen LogP contribution in [0.3, 0.4) is 0 Å². The quantitative estimate of drug-likeness (QED) is 0.817. The summed E-state index contributed by atoms with van der Waals surface area (Å²) in [6.07, 6.45) is 7.45. The molecule has 1 saturated carbocycles. The second-order valence-corrected chi connectivity index (χ2v) is 6.66. The number of carboxylic acids is 1. The van der Waals surface area contributed by atoms with E-state index in [1.54, 1.807) is 0 Å². The molecule has 0 aromatic rings. The van der Waals surface area contributed by atoms with Gasteiger partial charge in [-0.2, -0.15) is 0 Å². The Hall–Kier alpha value is -1.10. The summed E-state index contributed by atoms with van der Waals surface area (Å²) in [6, 6.07) is 0. The molecule has 5 nitrogen and oxygen atoms in total. The number of nitrogens with one attached hydrogen (secondary N) is 1. The van der Waals surface area contributed by atoms with Crippen LogP contribution in [0.25, 0.3) is 0 Å². The SMILES string of the molecule is CC1CCCC(NC(=O)CCC2CCCCO2)(C(=O)O)C1. The number of carboxylic acid groups (broad SMARTS) is 1. The third-order valence-electron chi connectivity index (χ3n) is 4.75. The second kappa shape index (κ2) is 7.25. The van der Waals surface area contributed by atoms with Gasteiger partial charge in [-0.1, -0.05) is 19.8 Å². The number of hydrogen-bond donors (Lipinski definition) is 2. The fraction of sp³-hybridized carbons (Fsp3) is 0.875. The Morgan fingerprint density at radius 2 is 2.10 bits per heavy atom. The van der Waals surface area contributed by atoms with Crippen LogP contribution in [0.5, 0.6) is 0 Å². The number of aliphatic carboxylic acids is 1. The molecule has 0 radical (unpaired) electrons. The first-order valence-corrected chi connectivity index (χ1v) is 8.18. The van der Waals surface area contributed by atoms with E-state index < -0.39 is 11.5 Å². The normalized spacial score (nSPS) is 33.4. The summed E-state index contributed by atoms with van der Waals surface area (Å²) in [4.78, 5) is 23.8. The van der Waals surface area contributed by atoms with Gasteiger partial charge in [-0.05, 0) is 44.4 Å². The fourth-order valence-electron chi connectivity index (χ4n) is 3.57. The van der Waals surface area contributed by atoms with Crippen LogP contribution in [0.2, 0.25) is 0 Å². The number of amides is 1. The molecule has 0 aromatic carbocycles. The molecule has 0 aromatic heterocycles. The van der Waals surface area contributed by atoms with Gasteiger partial charge in [-0.3, -0.25) is 4.79 Å². The highest BCUT2D eigenvalue weighted by Crippen LogP contribution is 2.32. The highest BCUT2D eigenvalue weighted by Gasteiger charge is 2.43. The van der Waals surface area contributed by atoms with Gasteiger partial charge < -0.3 is 15.2 Å². The minimum Gasteiger partial charge on any atom is -0.480 e. The lowest BCUT2D eigenvalue weighted by atomic mass is 9.76. The Labute approximate surface area is 126 Å². The maximum atomic E-state index is 12.1. The van der Waals surface area contributed by atoms with E-state index in [0.717, 1.165) is 38.7 Å². The predicted octanol–water partition coefficient (Wildman–Crippen LogP) is 2.49. The van der Waals surface area contributed by atoms with E-state index in [2.05, 4.69) is 12.2 Å². The Morgan fingerprint density at radius 3 is 2.71 bits per heavy atom. The minimum atomic E-state index is -1.05. The molecular weight excluding hydrogens is 270 g/mol. The molecule has 21 heavy (non-hydrogen) atoms. The molecular formula is C16H27NO4. The zero-order valence-electron chi connectivity index (χ0n) is 12.9. The molecule has 3 atom stereocenters. The van der Waals surface area contributed by atoms with Gasteiger partial charge in [0.1, 0.15) is 5.54 Å². The third kappa shape index (κ3) is 4.43. The van der Waals surface area contributed by atoms with E-state index in [1.807, 2.05) is 0 Å². The number of ether oxygens (including phenoxy) is 1. The average molecular weight is 297 g/mol. The molecule has 1 amide bonds. The first-order chi connectivity index (χ1) is 10.0. The van der Waals surface area contributed by atoms with Crippen LogP contribution in [-0.2, 0) is 14.3 Å². The number of hydrogen-bond acceptors (Lipinski definition) is 3. The summed E-state index contributed by atoms with van der Waals surface area (Å²) in [6.45, 7) is 2.84. The van der Waals surface area contributed by atoms with Gasteiger partial charge in [0.15, 0.2) is 0 Å². The molecule has 1 heterocycles. The molecule has 1 aliphatic carbocycles. The Kier molecular flexibility index (Phi) is 5.62. The van der Waals surface area contributed by atoms with Gasteiger partial charge in [-0.15, -0.1) is 0 Å². The molecule has 3 unspecified atom stereocenters.